The summed E-state index contributed by atoms with van der Waals surface area (Å²) in [5.41, 5.74) is 8.47. The SMILES string of the molecule is Cc1nc(C)c(C(OC(C)(C)C)C(=O)OC(C)C)c(N2CCC(C)(C)CC2)c1-c1ccc2c(c1)CCNC2. The summed E-state index contributed by atoms with van der Waals surface area (Å²) in [6.07, 6.45) is 2.08. The molecule has 2 aromatic rings. The van der Waals surface area contributed by atoms with E-state index in [2.05, 4.69) is 49.2 Å². The van der Waals surface area contributed by atoms with Crippen molar-refractivity contribution in [1.29, 1.82) is 0 Å². The van der Waals surface area contributed by atoms with Crippen molar-refractivity contribution in [1.82, 2.24) is 10.3 Å². The van der Waals surface area contributed by atoms with Gasteiger partial charge in [0.15, 0.2) is 6.10 Å². The fraction of sp³-hybridized carbons (Fsp3) is 0.625. The van der Waals surface area contributed by atoms with E-state index < -0.39 is 11.7 Å². The summed E-state index contributed by atoms with van der Waals surface area (Å²) in [5.74, 6) is -0.357. The third-order valence-corrected chi connectivity index (χ3v) is 7.69. The lowest BCUT2D eigenvalue weighted by Crippen LogP contribution is -2.39. The Labute approximate surface area is 229 Å². The zero-order valence-electron chi connectivity index (χ0n) is 25.0. The van der Waals surface area contributed by atoms with Crippen LogP contribution in [-0.4, -0.2) is 42.3 Å². The van der Waals surface area contributed by atoms with Crippen LogP contribution < -0.4 is 10.2 Å². The van der Waals surface area contributed by atoms with Crippen molar-refractivity contribution in [2.75, 3.05) is 24.5 Å². The van der Waals surface area contributed by atoms with Crippen LogP contribution in [0.5, 0.6) is 0 Å². The molecule has 1 aromatic heterocycles. The van der Waals surface area contributed by atoms with Crippen LogP contribution in [0.2, 0.25) is 0 Å². The standard InChI is InChI=1S/C32H47N3O3/c1-20(2)37-30(36)29(38-31(5,6)7)27-22(4)34-21(3)26(28(27)35-16-13-32(8,9)14-17-35)24-10-11-25-19-33-15-12-23(25)18-24/h10-11,18,20,29,33H,12-17,19H2,1-9H3. The largest absolute Gasteiger partial charge is 0.461 e. The van der Waals surface area contributed by atoms with Crippen LogP contribution in [0.25, 0.3) is 11.1 Å². The van der Waals surface area contributed by atoms with Gasteiger partial charge in [0.1, 0.15) is 0 Å². The second kappa shape index (κ2) is 11.0. The Balaban J connectivity index is 1.96. The number of rotatable bonds is 6. The number of piperidine rings is 1. The first-order valence-electron chi connectivity index (χ1n) is 14.2. The third-order valence-electron chi connectivity index (χ3n) is 7.69. The molecule has 1 unspecified atom stereocenters. The number of pyridine rings is 1. The Kier molecular flexibility index (Phi) is 8.25. The van der Waals surface area contributed by atoms with Crippen LogP contribution >= 0.6 is 0 Å². The first kappa shape index (κ1) is 28.6. The molecule has 38 heavy (non-hydrogen) atoms. The molecule has 1 saturated heterocycles. The predicted molar refractivity (Wildman–Crippen MR) is 155 cm³/mol. The summed E-state index contributed by atoms with van der Waals surface area (Å²) in [4.78, 5) is 21.2. The van der Waals surface area contributed by atoms with Crippen LogP contribution in [0.4, 0.5) is 5.69 Å². The molecule has 4 rings (SSSR count). The third kappa shape index (κ3) is 6.40. The lowest BCUT2D eigenvalue weighted by atomic mass is 9.81. The number of nitrogens with zero attached hydrogens (tertiary/aromatic N) is 2. The van der Waals surface area contributed by atoms with Gasteiger partial charge in [0, 0.05) is 42.1 Å². The van der Waals surface area contributed by atoms with Crippen molar-refractivity contribution in [3.05, 3.63) is 46.3 Å². The second-order valence-corrected chi connectivity index (χ2v) is 13.1. The maximum Gasteiger partial charge on any atom is 0.340 e. The fourth-order valence-electron chi connectivity index (χ4n) is 5.67. The minimum absolute atomic E-state index is 0.236. The molecule has 0 spiro atoms. The maximum absolute atomic E-state index is 13.6. The normalized spacial score (nSPS) is 18.3. The molecule has 0 radical (unpaired) electrons. The van der Waals surface area contributed by atoms with Gasteiger partial charge in [-0.2, -0.15) is 0 Å². The Bertz CT molecular complexity index is 1170. The van der Waals surface area contributed by atoms with Crippen LogP contribution in [0, 0.1) is 19.3 Å². The number of anilines is 1. The highest BCUT2D eigenvalue weighted by molar-refractivity contribution is 5.88. The molecule has 1 fully saturated rings. The summed E-state index contributed by atoms with van der Waals surface area (Å²) in [7, 11) is 0. The monoisotopic (exact) mass is 521 g/mol. The van der Waals surface area contributed by atoms with E-state index in [0.29, 0.717) is 5.41 Å². The zero-order valence-corrected chi connectivity index (χ0v) is 25.0. The molecular weight excluding hydrogens is 474 g/mol. The molecule has 208 valence electrons. The van der Waals surface area contributed by atoms with Crippen LogP contribution in [0.3, 0.4) is 0 Å². The smallest absolute Gasteiger partial charge is 0.340 e. The molecular formula is C32H47N3O3. The van der Waals surface area contributed by atoms with Gasteiger partial charge in [-0.05, 0) is 96.4 Å². The molecule has 3 heterocycles. The van der Waals surface area contributed by atoms with Gasteiger partial charge >= 0.3 is 5.97 Å². The molecule has 6 nitrogen and oxygen atoms in total. The second-order valence-electron chi connectivity index (χ2n) is 13.1. The number of carbonyl (C=O) groups is 1. The van der Waals surface area contributed by atoms with Crippen molar-refractivity contribution in [2.45, 2.75) is 106 Å². The van der Waals surface area contributed by atoms with E-state index in [1.165, 1.54) is 11.1 Å². The Morgan fingerprint density at radius 3 is 2.39 bits per heavy atom. The number of esters is 1. The molecule has 1 N–H and O–H groups in total. The summed E-state index contributed by atoms with van der Waals surface area (Å²) in [6.45, 7) is 22.3. The summed E-state index contributed by atoms with van der Waals surface area (Å²) >= 11 is 0. The first-order chi connectivity index (χ1) is 17.8. The van der Waals surface area contributed by atoms with E-state index >= 15 is 0 Å². The first-order valence-corrected chi connectivity index (χ1v) is 14.2. The Hall–Kier alpha value is -2.44. The quantitative estimate of drug-likeness (QED) is 0.441. The minimum atomic E-state index is -0.865. The fourth-order valence-corrected chi connectivity index (χ4v) is 5.67. The molecule has 1 atom stereocenters. The van der Waals surface area contributed by atoms with E-state index in [1.807, 2.05) is 41.5 Å². The number of benzene rings is 1. The lowest BCUT2D eigenvalue weighted by Gasteiger charge is -2.41. The van der Waals surface area contributed by atoms with Gasteiger partial charge in [0.2, 0.25) is 0 Å². The number of aromatic nitrogens is 1. The molecule has 2 aliphatic rings. The van der Waals surface area contributed by atoms with E-state index in [-0.39, 0.29) is 12.1 Å². The Morgan fingerprint density at radius 1 is 1.08 bits per heavy atom. The molecule has 0 amide bonds. The van der Waals surface area contributed by atoms with Crippen molar-refractivity contribution in [3.63, 3.8) is 0 Å². The molecule has 1 aromatic carbocycles. The summed E-state index contributed by atoms with van der Waals surface area (Å²) < 4.78 is 12.3. The highest BCUT2D eigenvalue weighted by Crippen LogP contribution is 2.45. The molecule has 0 saturated carbocycles. The topological polar surface area (TPSA) is 63.7 Å². The van der Waals surface area contributed by atoms with Gasteiger partial charge in [-0.15, -0.1) is 0 Å². The predicted octanol–water partition coefficient (Wildman–Crippen LogP) is 6.45. The van der Waals surface area contributed by atoms with Crippen LogP contribution in [0.1, 0.15) is 95.5 Å². The number of fused-ring (bicyclic) bond motifs is 1. The van der Waals surface area contributed by atoms with Crippen LogP contribution in [0.15, 0.2) is 18.2 Å². The summed E-state index contributed by atoms with van der Waals surface area (Å²) in [6, 6.07) is 6.80. The lowest BCUT2D eigenvalue weighted by molar-refractivity contribution is -0.171. The maximum atomic E-state index is 13.6. The van der Waals surface area contributed by atoms with Gasteiger partial charge in [0.05, 0.1) is 17.4 Å². The van der Waals surface area contributed by atoms with E-state index in [1.54, 1.807) is 0 Å². The molecule has 6 heteroatoms. The number of hydrogen-bond acceptors (Lipinski definition) is 6. The van der Waals surface area contributed by atoms with Crippen molar-refractivity contribution < 1.29 is 14.3 Å². The Morgan fingerprint density at radius 2 is 1.76 bits per heavy atom. The van der Waals surface area contributed by atoms with Gasteiger partial charge < -0.3 is 19.7 Å². The zero-order chi connectivity index (χ0) is 27.8. The average Bonchev–Trinajstić information content (AvgIpc) is 2.81. The van der Waals surface area contributed by atoms with Gasteiger partial charge in [-0.3, -0.25) is 4.98 Å². The van der Waals surface area contributed by atoms with Crippen molar-refractivity contribution >= 4 is 11.7 Å². The molecule has 0 aliphatic carbocycles. The van der Waals surface area contributed by atoms with E-state index in [9.17, 15) is 4.79 Å². The van der Waals surface area contributed by atoms with Gasteiger partial charge in [-0.1, -0.05) is 32.0 Å². The van der Waals surface area contributed by atoms with Gasteiger partial charge in [0.25, 0.3) is 0 Å². The molecule has 0 bridgehead atoms. The minimum Gasteiger partial charge on any atom is -0.461 e. The number of nitrogens with one attached hydrogen (secondary N) is 1. The highest BCUT2D eigenvalue weighted by atomic mass is 16.6. The summed E-state index contributed by atoms with van der Waals surface area (Å²) in [5, 5.41) is 3.47. The van der Waals surface area contributed by atoms with Crippen molar-refractivity contribution in [3.8, 4) is 11.1 Å². The number of ether oxygens (including phenoxy) is 2. The molecule has 2 aliphatic heterocycles. The number of carbonyl (C=O) groups excluding carboxylic acids is 1. The highest BCUT2D eigenvalue weighted by Gasteiger charge is 2.37. The number of aryl methyl sites for hydroxylation is 2. The van der Waals surface area contributed by atoms with Gasteiger partial charge in [-0.25, -0.2) is 4.79 Å². The number of hydrogen-bond donors (Lipinski definition) is 1. The van der Waals surface area contributed by atoms with E-state index in [4.69, 9.17) is 14.5 Å². The van der Waals surface area contributed by atoms with Crippen molar-refractivity contribution in [2.24, 2.45) is 5.41 Å². The van der Waals surface area contributed by atoms with E-state index in [0.717, 1.165) is 79.2 Å². The van der Waals surface area contributed by atoms with Crippen LogP contribution in [-0.2, 0) is 27.2 Å². The average molecular weight is 522 g/mol.